The van der Waals surface area contributed by atoms with Gasteiger partial charge in [0, 0.05) is 36.6 Å². The molecule has 4 rings (SSSR count). The maximum absolute atomic E-state index is 10.6. The summed E-state index contributed by atoms with van der Waals surface area (Å²) in [5.41, 5.74) is 14.1. The number of piperidine rings is 1. The van der Waals surface area contributed by atoms with E-state index in [1.54, 1.807) is 6.20 Å². The Morgan fingerprint density at radius 1 is 1.11 bits per heavy atom. The highest BCUT2D eigenvalue weighted by Gasteiger charge is 2.28. The van der Waals surface area contributed by atoms with Gasteiger partial charge >= 0.3 is 0 Å². The van der Waals surface area contributed by atoms with Crippen molar-refractivity contribution in [2.24, 2.45) is 5.73 Å². The summed E-state index contributed by atoms with van der Waals surface area (Å²) in [5, 5.41) is 10.6. The molecule has 1 aliphatic heterocycles. The third kappa shape index (κ3) is 4.11. The van der Waals surface area contributed by atoms with Crippen LogP contribution in [-0.4, -0.2) is 39.8 Å². The van der Waals surface area contributed by atoms with Crippen molar-refractivity contribution in [3.8, 4) is 23.1 Å². The number of anilines is 2. The minimum atomic E-state index is -0.889. The standard InChI is InChI=1S/C22H27N5O/c23-18-5-3-16(4-6-18)20-17(7-12-22(28)10-1-2-11-22)15-25-21(26-20)27-13-8-19(24)9-14-27/h3-6,15,19,28H,1-2,8-11,13-14,23-24H2. The van der Waals surface area contributed by atoms with Gasteiger partial charge in [-0.25, -0.2) is 9.97 Å². The highest BCUT2D eigenvalue weighted by Crippen LogP contribution is 2.29. The Morgan fingerprint density at radius 3 is 2.46 bits per heavy atom. The summed E-state index contributed by atoms with van der Waals surface area (Å²) in [6.07, 6.45) is 7.14. The SMILES string of the molecule is Nc1ccc(-c2nc(N3CCC(N)CC3)ncc2C#CC2(O)CCCC2)cc1. The number of aliphatic hydroxyl groups is 1. The molecule has 0 radical (unpaired) electrons. The summed E-state index contributed by atoms with van der Waals surface area (Å²) in [4.78, 5) is 11.6. The van der Waals surface area contributed by atoms with Gasteiger partial charge in [-0.2, -0.15) is 0 Å². The largest absolute Gasteiger partial charge is 0.399 e. The molecule has 2 fully saturated rings. The molecule has 1 aromatic heterocycles. The Bertz CT molecular complexity index is 885. The van der Waals surface area contributed by atoms with Gasteiger partial charge in [-0.1, -0.05) is 24.0 Å². The topological polar surface area (TPSA) is 101 Å². The van der Waals surface area contributed by atoms with Gasteiger partial charge in [0.2, 0.25) is 5.95 Å². The summed E-state index contributed by atoms with van der Waals surface area (Å²) >= 11 is 0. The van der Waals surface area contributed by atoms with Crippen molar-refractivity contribution >= 4 is 11.6 Å². The maximum atomic E-state index is 10.6. The zero-order chi connectivity index (χ0) is 19.6. The van der Waals surface area contributed by atoms with Gasteiger partial charge < -0.3 is 21.5 Å². The van der Waals surface area contributed by atoms with E-state index < -0.39 is 5.60 Å². The first kappa shape index (κ1) is 18.7. The van der Waals surface area contributed by atoms with E-state index >= 15 is 0 Å². The number of nitrogen functional groups attached to an aromatic ring is 1. The average Bonchev–Trinajstić information content (AvgIpc) is 3.14. The van der Waals surface area contributed by atoms with E-state index in [-0.39, 0.29) is 6.04 Å². The Morgan fingerprint density at radius 2 is 1.79 bits per heavy atom. The number of nitrogens with two attached hydrogens (primary N) is 2. The zero-order valence-electron chi connectivity index (χ0n) is 16.1. The van der Waals surface area contributed by atoms with Crippen molar-refractivity contribution in [1.29, 1.82) is 0 Å². The van der Waals surface area contributed by atoms with Crippen LogP contribution in [0.4, 0.5) is 11.6 Å². The van der Waals surface area contributed by atoms with E-state index in [2.05, 4.69) is 21.7 Å². The number of benzene rings is 1. The molecule has 1 saturated carbocycles. The van der Waals surface area contributed by atoms with Crippen molar-refractivity contribution in [2.45, 2.75) is 50.2 Å². The van der Waals surface area contributed by atoms with Crippen LogP contribution in [0.2, 0.25) is 0 Å². The minimum Gasteiger partial charge on any atom is -0.399 e. The predicted molar refractivity (Wildman–Crippen MR) is 112 cm³/mol. The van der Waals surface area contributed by atoms with Gasteiger partial charge in [0.1, 0.15) is 5.60 Å². The Kier molecular flexibility index (Phi) is 5.21. The molecule has 0 unspecified atom stereocenters. The van der Waals surface area contributed by atoms with E-state index in [9.17, 15) is 5.11 Å². The molecule has 146 valence electrons. The van der Waals surface area contributed by atoms with Gasteiger partial charge in [-0.3, -0.25) is 0 Å². The van der Waals surface area contributed by atoms with Crippen LogP contribution in [0.3, 0.4) is 0 Å². The Labute approximate surface area is 166 Å². The molecule has 0 atom stereocenters. The van der Waals surface area contributed by atoms with Crippen LogP contribution in [-0.2, 0) is 0 Å². The summed E-state index contributed by atoms with van der Waals surface area (Å²) in [7, 11) is 0. The number of rotatable bonds is 2. The van der Waals surface area contributed by atoms with Crippen molar-refractivity contribution in [1.82, 2.24) is 9.97 Å². The van der Waals surface area contributed by atoms with Crippen LogP contribution in [0, 0.1) is 11.8 Å². The molecule has 1 saturated heterocycles. The van der Waals surface area contributed by atoms with E-state index in [0.717, 1.165) is 68.4 Å². The Hall–Kier alpha value is -2.62. The molecule has 6 nitrogen and oxygen atoms in total. The first-order valence-corrected chi connectivity index (χ1v) is 10.0. The molecule has 1 aromatic carbocycles. The molecule has 1 aliphatic carbocycles. The lowest BCUT2D eigenvalue weighted by Crippen LogP contribution is -2.40. The number of nitrogens with zero attached hydrogens (tertiary/aromatic N) is 3. The molecule has 0 spiro atoms. The maximum Gasteiger partial charge on any atom is 0.225 e. The van der Waals surface area contributed by atoms with Crippen LogP contribution >= 0.6 is 0 Å². The summed E-state index contributed by atoms with van der Waals surface area (Å²) < 4.78 is 0. The third-order valence-corrected chi connectivity index (χ3v) is 5.64. The van der Waals surface area contributed by atoms with Crippen LogP contribution in [0.15, 0.2) is 30.5 Å². The molecule has 6 heteroatoms. The van der Waals surface area contributed by atoms with E-state index in [4.69, 9.17) is 16.5 Å². The molecule has 5 N–H and O–H groups in total. The third-order valence-electron chi connectivity index (χ3n) is 5.64. The lowest BCUT2D eigenvalue weighted by Gasteiger charge is -2.30. The smallest absolute Gasteiger partial charge is 0.225 e. The quantitative estimate of drug-likeness (QED) is 0.548. The van der Waals surface area contributed by atoms with E-state index in [1.807, 2.05) is 24.3 Å². The molecule has 2 aliphatic rings. The monoisotopic (exact) mass is 377 g/mol. The van der Waals surface area contributed by atoms with Gasteiger partial charge in [0.05, 0.1) is 11.3 Å². The Balaban J connectivity index is 1.71. The fourth-order valence-electron chi connectivity index (χ4n) is 3.85. The first-order chi connectivity index (χ1) is 13.5. The van der Waals surface area contributed by atoms with Crippen LogP contribution in [0.5, 0.6) is 0 Å². The summed E-state index contributed by atoms with van der Waals surface area (Å²) in [6, 6.07) is 7.87. The predicted octanol–water partition coefficient (Wildman–Crippen LogP) is 2.31. The second-order valence-corrected chi connectivity index (χ2v) is 7.87. The highest BCUT2D eigenvalue weighted by atomic mass is 16.3. The highest BCUT2D eigenvalue weighted by molar-refractivity contribution is 5.69. The van der Waals surface area contributed by atoms with E-state index in [0.29, 0.717) is 11.6 Å². The lowest BCUT2D eigenvalue weighted by atomic mass is 10.0. The van der Waals surface area contributed by atoms with E-state index in [1.165, 1.54) is 0 Å². The number of hydrogen-bond donors (Lipinski definition) is 3. The molecule has 28 heavy (non-hydrogen) atoms. The zero-order valence-corrected chi connectivity index (χ0v) is 16.1. The van der Waals surface area contributed by atoms with Crippen LogP contribution in [0.25, 0.3) is 11.3 Å². The second kappa shape index (κ2) is 7.78. The number of hydrogen-bond acceptors (Lipinski definition) is 6. The van der Waals surface area contributed by atoms with Gasteiger partial charge in [0.25, 0.3) is 0 Å². The van der Waals surface area contributed by atoms with Crippen LogP contribution < -0.4 is 16.4 Å². The molecular weight excluding hydrogens is 350 g/mol. The minimum absolute atomic E-state index is 0.255. The van der Waals surface area contributed by atoms with Crippen molar-refractivity contribution in [3.63, 3.8) is 0 Å². The summed E-state index contributed by atoms with van der Waals surface area (Å²) in [5.74, 6) is 6.92. The average molecular weight is 377 g/mol. The van der Waals surface area contributed by atoms with Crippen molar-refractivity contribution in [3.05, 3.63) is 36.0 Å². The normalized spacial score (nSPS) is 19.3. The molecular formula is C22H27N5O. The van der Waals surface area contributed by atoms with Gasteiger partial charge in [-0.05, 0) is 50.7 Å². The van der Waals surface area contributed by atoms with Crippen molar-refractivity contribution in [2.75, 3.05) is 23.7 Å². The summed E-state index contributed by atoms with van der Waals surface area (Å²) in [6.45, 7) is 1.71. The van der Waals surface area contributed by atoms with Crippen LogP contribution in [0.1, 0.15) is 44.1 Å². The van der Waals surface area contributed by atoms with Crippen molar-refractivity contribution < 1.29 is 5.11 Å². The lowest BCUT2D eigenvalue weighted by molar-refractivity contribution is 0.110. The molecule has 0 bridgehead atoms. The van der Waals surface area contributed by atoms with Gasteiger partial charge in [0.15, 0.2) is 0 Å². The molecule has 0 amide bonds. The molecule has 2 heterocycles. The fourth-order valence-corrected chi connectivity index (χ4v) is 3.85. The second-order valence-electron chi connectivity index (χ2n) is 7.87. The first-order valence-electron chi connectivity index (χ1n) is 10.0. The number of aromatic nitrogens is 2. The molecule has 2 aromatic rings. The fraction of sp³-hybridized carbons (Fsp3) is 0.455. The van der Waals surface area contributed by atoms with Gasteiger partial charge in [-0.15, -0.1) is 0 Å².